The number of hydrogen-bond donors (Lipinski definition) is 3. The zero-order valence-electron chi connectivity index (χ0n) is 13.0. The summed E-state index contributed by atoms with van der Waals surface area (Å²) < 4.78 is 27.2. The van der Waals surface area contributed by atoms with E-state index in [1.54, 1.807) is 24.4 Å². The first-order chi connectivity index (χ1) is 11.4. The number of nitrogens with one attached hydrogen (secondary N) is 2. The van der Waals surface area contributed by atoms with Gasteiger partial charge < -0.3 is 15.4 Å². The minimum Gasteiger partial charge on any atom is -0.394 e. The third-order valence-electron chi connectivity index (χ3n) is 4.67. The highest BCUT2D eigenvalue weighted by molar-refractivity contribution is 6.38. The molecule has 0 saturated heterocycles. The van der Waals surface area contributed by atoms with Gasteiger partial charge in [-0.25, -0.2) is 8.78 Å². The number of halogens is 3. The van der Waals surface area contributed by atoms with Crippen molar-refractivity contribution < 1.29 is 18.7 Å². The van der Waals surface area contributed by atoms with Gasteiger partial charge in [-0.15, -0.1) is 0 Å². The fraction of sp³-hybridized carbons (Fsp3) is 0.471. The summed E-state index contributed by atoms with van der Waals surface area (Å²) in [5, 5.41) is 13.2. The number of carbonyl (C=O) groups excluding carboxylic acids is 1. The highest BCUT2D eigenvalue weighted by Crippen LogP contribution is 2.38. The van der Waals surface area contributed by atoms with E-state index in [0.29, 0.717) is 23.3 Å². The normalized spacial score (nSPS) is 21.6. The Balaban J connectivity index is 1.77. The SMILES string of the molecule is O=C(N[C@H](CO)C1CCCC(F)(F)C1)c1ccc2[nH]ccc2c1Cl. The van der Waals surface area contributed by atoms with E-state index in [2.05, 4.69) is 10.3 Å². The standard InChI is InChI=1S/C17H19ClF2N2O2/c18-15-11-5-7-21-13(11)4-3-12(15)16(24)22-14(9-23)10-2-1-6-17(19,20)8-10/h3-5,7,10,14,21,23H,1-2,6,8-9H2,(H,22,24)/t10?,14-/m1/s1. The number of amides is 1. The van der Waals surface area contributed by atoms with Crippen molar-refractivity contribution in [3.05, 3.63) is 35.0 Å². The second kappa shape index (κ2) is 6.69. The second-order valence-corrected chi connectivity index (χ2v) is 6.72. The first kappa shape index (κ1) is 17.2. The molecular weight excluding hydrogens is 338 g/mol. The number of H-pyrrole nitrogens is 1. The van der Waals surface area contributed by atoms with Crippen LogP contribution in [-0.2, 0) is 0 Å². The van der Waals surface area contributed by atoms with E-state index in [9.17, 15) is 18.7 Å². The minimum absolute atomic E-state index is 0.133. The van der Waals surface area contributed by atoms with Crippen molar-refractivity contribution in [3.8, 4) is 0 Å². The zero-order chi connectivity index (χ0) is 17.3. The molecule has 1 heterocycles. The van der Waals surface area contributed by atoms with Crippen LogP contribution in [0.4, 0.5) is 8.78 Å². The first-order valence-electron chi connectivity index (χ1n) is 7.96. The Kier molecular flexibility index (Phi) is 4.78. The van der Waals surface area contributed by atoms with Crippen LogP contribution in [0.3, 0.4) is 0 Å². The van der Waals surface area contributed by atoms with Crippen molar-refractivity contribution in [3.63, 3.8) is 0 Å². The number of rotatable bonds is 4. The van der Waals surface area contributed by atoms with Gasteiger partial charge in [0.05, 0.1) is 23.2 Å². The molecule has 24 heavy (non-hydrogen) atoms. The van der Waals surface area contributed by atoms with E-state index in [1.807, 2.05) is 0 Å². The van der Waals surface area contributed by atoms with Gasteiger partial charge in [0.1, 0.15) is 0 Å². The second-order valence-electron chi connectivity index (χ2n) is 6.34. The Hall–Kier alpha value is -1.66. The molecule has 1 fully saturated rings. The highest BCUT2D eigenvalue weighted by Gasteiger charge is 2.39. The summed E-state index contributed by atoms with van der Waals surface area (Å²) in [7, 11) is 0. The molecule has 7 heteroatoms. The molecule has 1 amide bonds. The summed E-state index contributed by atoms with van der Waals surface area (Å²) in [5.74, 6) is -3.64. The van der Waals surface area contributed by atoms with Crippen LogP contribution in [0.25, 0.3) is 10.9 Å². The molecule has 0 bridgehead atoms. The smallest absolute Gasteiger partial charge is 0.253 e. The summed E-state index contributed by atoms with van der Waals surface area (Å²) in [5.41, 5.74) is 1.08. The van der Waals surface area contributed by atoms with E-state index >= 15 is 0 Å². The number of fused-ring (bicyclic) bond motifs is 1. The molecule has 1 unspecified atom stereocenters. The van der Waals surface area contributed by atoms with Gasteiger partial charge in [-0.05, 0) is 37.0 Å². The summed E-state index contributed by atoms with van der Waals surface area (Å²) in [6, 6.07) is 4.38. The summed E-state index contributed by atoms with van der Waals surface area (Å²) in [6.45, 7) is -0.378. The molecule has 2 atom stereocenters. The molecule has 3 rings (SSSR count). The molecule has 0 spiro atoms. The van der Waals surface area contributed by atoms with Crippen molar-refractivity contribution in [1.29, 1.82) is 0 Å². The maximum Gasteiger partial charge on any atom is 0.253 e. The van der Waals surface area contributed by atoms with Crippen LogP contribution in [0.5, 0.6) is 0 Å². The molecule has 0 aliphatic heterocycles. The topological polar surface area (TPSA) is 65.1 Å². The van der Waals surface area contributed by atoms with Gasteiger partial charge in [0.2, 0.25) is 5.92 Å². The van der Waals surface area contributed by atoms with Gasteiger partial charge in [0.15, 0.2) is 0 Å². The molecule has 1 aliphatic rings. The van der Waals surface area contributed by atoms with Gasteiger partial charge in [0.25, 0.3) is 5.91 Å². The molecule has 1 aromatic heterocycles. The van der Waals surface area contributed by atoms with Crippen molar-refractivity contribution in [2.45, 2.75) is 37.6 Å². The number of alkyl halides is 2. The number of benzene rings is 1. The maximum atomic E-state index is 13.6. The van der Waals surface area contributed by atoms with E-state index < -0.39 is 23.8 Å². The number of hydrogen-bond acceptors (Lipinski definition) is 2. The van der Waals surface area contributed by atoms with Crippen molar-refractivity contribution in [1.82, 2.24) is 10.3 Å². The lowest BCUT2D eigenvalue weighted by molar-refractivity contribution is -0.0604. The molecule has 3 N–H and O–H groups in total. The Morgan fingerprint density at radius 2 is 2.25 bits per heavy atom. The monoisotopic (exact) mass is 356 g/mol. The predicted molar refractivity (Wildman–Crippen MR) is 88.6 cm³/mol. The van der Waals surface area contributed by atoms with Gasteiger partial charge in [0, 0.05) is 29.9 Å². The number of carbonyl (C=O) groups is 1. The number of aliphatic hydroxyl groups is 1. The average Bonchev–Trinajstić information content (AvgIpc) is 3.01. The van der Waals surface area contributed by atoms with Gasteiger partial charge in [-0.1, -0.05) is 11.6 Å². The van der Waals surface area contributed by atoms with E-state index in [1.165, 1.54) is 0 Å². The molecule has 130 valence electrons. The minimum atomic E-state index is -2.73. The highest BCUT2D eigenvalue weighted by atomic mass is 35.5. The quantitative estimate of drug-likeness (QED) is 0.781. The van der Waals surface area contributed by atoms with Crippen molar-refractivity contribution in [2.24, 2.45) is 5.92 Å². The Labute approximate surface area is 143 Å². The number of aliphatic hydroxyl groups excluding tert-OH is 1. The number of aromatic amines is 1. The van der Waals surface area contributed by atoms with Gasteiger partial charge in [-0.2, -0.15) is 0 Å². The van der Waals surface area contributed by atoms with Gasteiger partial charge >= 0.3 is 0 Å². The van der Waals surface area contributed by atoms with Crippen molar-refractivity contribution >= 4 is 28.4 Å². The Bertz CT molecular complexity index is 747. The largest absolute Gasteiger partial charge is 0.394 e. The van der Waals surface area contributed by atoms with Crippen LogP contribution in [0, 0.1) is 5.92 Å². The van der Waals surface area contributed by atoms with Crippen LogP contribution in [0.15, 0.2) is 24.4 Å². The Morgan fingerprint density at radius 3 is 2.96 bits per heavy atom. The molecule has 1 saturated carbocycles. The van der Waals surface area contributed by atoms with Crippen LogP contribution in [0.2, 0.25) is 5.02 Å². The summed E-state index contributed by atoms with van der Waals surface area (Å²) >= 11 is 6.27. The average molecular weight is 357 g/mol. The lowest BCUT2D eigenvalue weighted by Crippen LogP contribution is -2.46. The zero-order valence-corrected chi connectivity index (χ0v) is 13.7. The molecule has 4 nitrogen and oxygen atoms in total. The fourth-order valence-electron chi connectivity index (χ4n) is 3.38. The third-order valence-corrected chi connectivity index (χ3v) is 5.08. The number of aromatic nitrogens is 1. The summed E-state index contributed by atoms with van der Waals surface area (Å²) in [6.07, 6.45) is 2.22. The fourth-order valence-corrected chi connectivity index (χ4v) is 3.70. The molecule has 0 radical (unpaired) electrons. The molecule has 1 aliphatic carbocycles. The van der Waals surface area contributed by atoms with E-state index in [0.717, 1.165) is 5.52 Å². The van der Waals surface area contributed by atoms with Crippen LogP contribution in [-0.4, -0.2) is 34.6 Å². The molecule has 1 aromatic carbocycles. The first-order valence-corrected chi connectivity index (χ1v) is 8.34. The lowest BCUT2D eigenvalue weighted by atomic mass is 9.82. The van der Waals surface area contributed by atoms with E-state index in [-0.39, 0.29) is 25.0 Å². The van der Waals surface area contributed by atoms with Crippen LogP contribution < -0.4 is 5.32 Å². The van der Waals surface area contributed by atoms with Crippen molar-refractivity contribution in [2.75, 3.05) is 6.61 Å². The lowest BCUT2D eigenvalue weighted by Gasteiger charge is -2.34. The maximum absolute atomic E-state index is 13.6. The molecule has 2 aromatic rings. The van der Waals surface area contributed by atoms with Gasteiger partial charge in [-0.3, -0.25) is 4.79 Å². The van der Waals surface area contributed by atoms with Crippen LogP contribution >= 0.6 is 11.6 Å². The van der Waals surface area contributed by atoms with E-state index in [4.69, 9.17) is 11.6 Å². The molecular formula is C17H19ClF2N2O2. The summed E-state index contributed by atoms with van der Waals surface area (Å²) in [4.78, 5) is 15.5. The predicted octanol–water partition coefficient (Wildman–Crippen LogP) is 3.74. The Morgan fingerprint density at radius 1 is 1.46 bits per heavy atom. The third kappa shape index (κ3) is 3.39. The van der Waals surface area contributed by atoms with Crippen LogP contribution in [0.1, 0.15) is 36.0 Å².